The van der Waals surface area contributed by atoms with Gasteiger partial charge in [0.15, 0.2) is 0 Å². The van der Waals surface area contributed by atoms with Crippen molar-refractivity contribution in [2.75, 3.05) is 9.80 Å². The van der Waals surface area contributed by atoms with Gasteiger partial charge in [-0.05, 0) is 99.3 Å². The van der Waals surface area contributed by atoms with Gasteiger partial charge in [0, 0.05) is 33.7 Å². The third-order valence-electron chi connectivity index (χ3n) is 12.3. The molecule has 1 aliphatic rings. The minimum Gasteiger partial charge on any atom is -0.310 e. The van der Waals surface area contributed by atoms with Crippen molar-refractivity contribution in [2.45, 2.75) is 58.5 Å². The average Bonchev–Trinajstić information content (AvgIpc) is 3.46. The van der Waals surface area contributed by atoms with Gasteiger partial charge in [-0.1, -0.05) is 185 Å². The van der Waals surface area contributed by atoms with E-state index >= 15 is 0 Å². The minimum atomic E-state index is -1.92. The predicted octanol–water partition coefficient (Wildman–Crippen LogP) is 14.8. The standard InChI is InChI=1S/C55H54N2Si2/c1-55(2)50-26-18-17-25-48(50)49-34-31-45(36-51(49)55)57(43-23-13-10-14-24-43)53-38-47(59(6,7)8)37-52(54(53)40-28-32-46(33-29-40)58(3,4)5)56(42-21-11-9-12-22-42)44-30-27-39-19-15-16-20-41(39)35-44/h9-38H,1-8H3. The molecule has 0 unspecified atom stereocenters. The third-order valence-corrected chi connectivity index (χ3v) is 16.4. The summed E-state index contributed by atoms with van der Waals surface area (Å²) in [4.78, 5) is 5.05. The number of nitrogens with zero attached hydrogens (tertiary/aromatic N) is 2. The van der Waals surface area contributed by atoms with Gasteiger partial charge in [-0.25, -0.2) is 0 Å². The molecule has 0 saturated carbocycles. The van der Waals surface area contributed by atoms with Crippen LogP contribution in [-0.4, -0.2) is 16.1 Å². The highest BCUT2D eigenvalue weighted by atomic mass is 28.3. The van der Waals surface area contributed by atoms with Gasteiger partial charge in [0.2, 0.25) is 0 Å². The molecule has 8 aromatic rings. The molecule has 0 N–H and O–H groups in total. The Morgan fingerprint density at radius 2 is 0.864 bits per heavy atom. The normalized spacial score (nSPS) is 13.2. The van der Waals surface area contributed by atoms with Crippen LogP contribution in [0.15, 0.2) is 182 Å². The molecule has 2 nitrogen and oxygen atoms in total. The molecule has 0 atom stereocenters. The van der Waals surface area contributed by atoms with Gasteiger partial charge in [-0.2, -0.15) is 0 Å². The zero-order valence-electron chi connectivity index (χ0n) is 35.7. The van der Waals surface area contributed by atoms with E-state index in [1.54, 1.807) is 0 Å². The maximum absolute atomic E-state index is 2.54. The van der Waals surface area contributed by atoms with Gasteiger partial charge >= 0.3 is 0 Å². The molecule has 0 radical (unpaired) electrons. The van der Waals surface area contributed by atoms with E-state index in [-0.39, 0.29) is 5.41 Å². The van der Waals surface area contributed by atoms with Crippen LogP contribution in [0.5, 0.6) is 0 Å². The van der Waals surface area contributed by atoms with Crippen LogP contribution in [-0.2, 0) is 5.41 Å². The van der Waals surface area contributed by atoms with Crippen molar-refractivity contribution < 1.29 is 0 Å². The van der Waals surface area contributed by atoms with E-state index in [0.717, 1.165) is 22.7 Å². The lowest BCUT2D eigenvalue weighted by Gasteiger charge is -2.35. The molecule has 0 aliphatic heterocycles. The van der Waals surface area contributed by atoms with Crippen LogP contribution in [0, 0.1) is 0 Å². The Balaban J connectivity index is 1.39. The van der Waals surface area contributed by atoms with Crippen molar-refractivity contribution in [1.82, 2.24) is 0 Å². The highest BCUT2D eigenvalue weighted by Crippen LogP contribution is 2.53. The smallest absolute Gasteiger partial charge is 0.0777 e. The summed E-state index contributed by atoms with van der Waals surface area (Å²) in [5, 5.41) is 5.32. The summed E-state index contributed by atoms with van der Waals surface area (Å²) >= 11 is 0. The van der Waals surface area contributed by atoms with Crippen LogP contribution in [0.1, 0.15) is 25.0 Å². The molecule has 0 amide bonds. The average molecular weight is 799 g/mol. The van der Waals surface area contributed by atoms with E-state index in [9.17, 15) is 0 Å². The number of rotatable bonds is 9. The van der Waals surface area contributed by atoms with Gasteiger partial charge in [-0.3, -0.25) is 0 Å². The molecule has 0 spiro atoms. The van der Waals surface area contributed by atoms with Gasteiger partial charge in [0.1, 0.15) is 0 Å². The number of hydrogen-bond donors (Lipinski definition) is 0. The summed E-state index contributed by atoms with van der Waals surface area (Å²) < 4.78 is 0. The molecule has 0 heterocycles. The predicted molar refractivity (Wildman–Crippen MR) is 262 cm³/mol. The monoisotopic (exact) mass is 798 g/mol. The fourth-order valence-corrected chi connectivity index (χ4v) is 11.3. The van der Waals surface area contributed by atoms with E-state index in [2.05, 4.69) is 245 Å². The fourth-order valence-electron chi connectivity index (χ4n) is 8.99. The molecular weight excluding hydrogens is 745 g/mol. The highest BCUT2D eigenvalue weighted by Gasteiger charge is 2.36. The van der Waals surface area contributed by atoms with E-state index in [4.69, 9.17) is 0 Å². The molecule has 9 rings (SSSR count). The molecule has 8 aromatic carbocycles. The Bertz CT molecular complexity index is 2810. The molecule has 0 saturated heterocycles. The van der Waals surface area contributed by atoms with Crippen molar-refractivity contribution in [3.63, 3.8) is 0 Å². The number of fused-ring (bicyclic) bond motifs is 4. The van der Waals surface area contributed by atoms with E-state index < -0.39 is 16.1 Å². The quantitative estimate of drug-likeness (QED) is 0.134. The van der Waals surface area contributed by atoms with Crippen LogP contribution in [0.2, 0.25) is 39.3 Å². The maximum Gasteiger partial charge on any atom is 0.0777 e. The Morgan fingerprint density at radius 3 is 1.46 bits per heavy atom. The molecule has 4 heteroatoms. The van der Waals surface area contributed by atoms with Gasteiger partial charge in [-0.15, -0.1) is 0 Å². The summed E-state index contributed by atoms with van der Waals surface area (Å²) in [6.07, 6.45) is 0. The molecule has 0 aromatic heterocycles. The van der Waals surface area contributed by atoms with Gasteiger partial charge in [0.25, 0.3) is 0 Å². The topological polar surface area (TPSA) is 6.48 Å². The zero-order valence-corrected chi connectivity index (χ0v) is 37.7. The van der Waals surface area contributed by atoms with Crippen LogP contribution >= 0.6 is 0 Å². The maximum atomic E-state index is 2.54. The Hall–Kier alpha value is -5.95. The summed E-state index contributed by atoms with van der Waals surface area (Å²) in [5.74, 6) is 0. The van der Waals surface area contributed by atoms with Crippen LogP contribution in [0.25, 0.3) is 33.0 Å². The number of para-hydroxylation sites is 2. The second-order valence-corrected chi connectivity index (χ2v) is 28.9. The molecule has 0 fully saturated rings. The van der Waals surface area contributed by atoms with Gasteiger partial charge in [0.05, 0.1) is 27.5 Å². The SMILES string of the molecule is CC1(C)c2ccccc2-c2ccc(N(c3ccccc3)c3cc([Si](C)(C)C)cc(N(c4ccccc4)c4ccc5ccccc5c4)c3-c3ccc([Si](C)(C)C)cc3)cc21. The van der Waals surface area contributed by atoms with Crippen molar-refractivity contribution in [2.24, 2.45) is 0 Å². The molecule has 1 aliphatic carbocycles. The van der Waals surface area contributed by atoms with Crippen LogP contribution < -0.4 is 20.2 Å². The van der Waals surface area contributed by atoms with Crippen molar-refractivity contribution in [3.8, 4) is 22.3 Å². The van der Waals surface area contributed by atoms with E-state index in [1.807, 2.05) is 0 Å². The van der Waals surface area contributed by atoms with E-state index in [0.29, 0.717) is 0 Å². The first-order chi connectivity index (χ1) is 28.3. The minimum absolute atomic E-state index is 0.134. The second kappa shape index (κ2) is 14.7. The highest BCUT2D eigenvalue weighted by molar-refractivity contribution is 6.89. The lowest BCUT2D eigenvalue weighted by molar-refractivity contribution is 0.660. The molecular formula is C55H54N2Si2. The lowest BCUT2D eigenvalue weighted by Crippen LogP contribution is -2.38. The Labute approximate surface area is 353 Å². The third kappa shape index (κ3) is 7.05. The number of hydrogen-bond acceptors (Lipinski definition) is 2. The number of benzene rings is 8. The van der Waals surface area contributed by atoms with Crippen molar-refractivity contribution in [1.29, 1.82) is 0 Å². The second-order valence-electron chi connectivity index (χ2n) is 18.7. The van der Waals surface area contributed by atoms with Crippen LogP contribution in [0.4, 0.5) is 34.1 Å². The molecule has 0 bridgehead atoms. The van der Waals surface area contributed by atoms with Crippen LogP contribution in [0.3, 0.4) is 0 Å². The number of anilines is 6. The van der Waals surface area contributed by atoms with Crippen molar-refractivity contribution in [3.05, 3.63) is 193 Å². The summed E-state index contributed by atoms with van der Waals surface area (Å²) in [6.45, 7) is 19.5. The fraction of sp³-hybridized carbons (Fsp3) is 0.164. The van der Waals surface area contributed by atoms with Crippen molar-refractivity contribution >= 4 is 71.4 Å². The first-order valence-electron chi connectivity index (χ1n) is 21.0. The lowest BCUT2D eigenvalue weighted by atomic mass is 9.82. The Morgan fingerprint density at radius 1 is 0.373 bits per heavy atom. The largest absolute Gasteiger partial charge is 0.310 e. The van der Waals surface area contributed by atoms with E-state index in [1.165, 1.54) is 65.9 Å². The Kier molecular flexibility index (Phi) is 9.61. The molecule has 59 heavy (non-hydrogen) atoms. The molecule has 292 valence electrons. The van der Waals surface area contributed by atoms with Gasteiger partial charge < -0.3 is 9.80 Å². The summed E-state index contributed by atoms with van der Waals surface area (Å²) in [5.41, 5.74) is 14.6. The first-order valence-corrected chi connectivity index (χ1v) is 28.0. The summed E-state index contributed by atoms with van der Waals surface area (Å²) in [6, 6.07) is 68.3. The zero-order chi connectivity index (χ0) is 41.1. The summed E-state index contributed by atoms with van der Waals surface area (Å²) in [7, 11) is -3.49. The first kappa shape index (κ1) is 38.6.